The lowest BCUT2D eigenvalue weighted by Crippen LogP contribution is -2.54. The summed E-state index contributed by atoms with van der Waals surface area (Å²) in [6.45, 7) is 18.9. The summed E-state index contributed by atoms with van der Waals surface area (Å²) >= 11 is 0. The Kier molecular flexibility index (Phi) is 10.2. The zero-order chi connectivity index (χ0) is 24.1. The number of hydrogen-bond donors (Lipinski definition) is 1. The van der Waals surface area contributed by atoms with Crippen LogP contribution in [0.25, 0.3) is 0 Å². The highest BCUT2D eigenvalue weighted by Crippen LogP contribution is 2.45. The van der Waals surface area contributed by atoms with Gasteiger partial charge >= 0.3 is 0 Å². The molecule has 2 rings (SSSR count). The van der Waals surface area contributed by atoms with E-state index < -0.39 is 14.6 Å². The second-order valence-corrected chi connectivity index (χ2v) is 15.8. The third-order valence-electron chi connectivity index (χ3n) is 7.36. The van der Waals surface area contributed by atoms with Gasteiger partial charge in [-0.2, -0.15) is 0 Å². The van der Waals surface area contributed by atoms with Gasteiger partial charge in [0.15, 0.2) is 6.29 Å². The smallest absolute Gasteiger partial charge is 0.200 e. The molecule has 0 radical (unpaired) electrons. The summed E-state index contributed by atoms with van der Waals surface area (Å²) in [4.78, 5) is 0. The summed E-state index contributed by atoms with van der Waals surface area (Å²) < 4.78 is 24.9. The molecule has 0 spiro atoms. The van der Waals surface area contributed by atoms with Gasteiger partial charge in [0.05, 0.1) is 25.9 Å². The first-order chi connectivity index (χ1) is 15.1. The van der Waals surface area contributed by atoms with E-state index in [1.807, 2.05) is 24.3 Å². The van der Waals surface area contributed by atoms with Crippen LogP contribution in [0.5, 0.6) is 5.75 Å². The molecule has 184 valence electrons. The summed E-state index contributed by atoms with van der Waals surface area (Å²) in [5.41, 5.74) is 2.47. The Labute approximate surface area is 196 Å². The van der Waals surface area contributed by atoms with Gasteiger partial charge in [-0.1, -0.05) is 67.5 Å². The van der Waals surface area contributed by atoms with Crippen LogP contribution >= 0.6 is 0 Å². The molecule has 1 N–H and O–H groups in total. The van der Waals surface area contributed by atoms with Gasteiger partial charge in [-0.05, 0) is 35.2 Å². The number of benzene rings is 1. The van der Waals surface area contributed by atoms with Crippen molar-refractivity contribution in [3.63, 3.8) is 0 Å². The highest BCUT2D eigenvalue weighted by atomic mass is 28.4. The lowest BCUT2D eigenvalue weighted by atomic mass is 9.88. The predicted octanol–water partition coefficient (Wildman–Crippen LogP) is 6.32. The van der Waals surface area contributed by atoms with Crippen molar-refractivity contribution in [3.05, 3.63) is 29.8 Å². The van der Waals surface area contributed by atoms with Gasteiger partial charge in [0.2, 0.25) is 8.32 Å². The molecule has 6 heteroatoms. The average Bonchev–Trinajstić information content (AvgIpc) is 2.78. The van der Waals surface area contributed by atoms with Crippen LogP contribution in [0, 0.1) is 11.8 Å². The molecule has 0 amide bonds. The van der Waals surface area contributed by atoms with Crippen molar-refractivity contribution in [3.8, 4) is 5.75 Å². The van der Waals surface area contributed by atoms with Crippen molar-refractivity contribution in [1.29, 1.82) is 0 Å². The van der Waals surface area contributed by atoms with Gasteiger partial charge in [-0.15, -0.1) is 0 Å². The largest absolute Gasteiger partial charge is 0.497 e. The van der Waals surface area contributed by atoms with Crippen LogP contribution in [0.4, 0.5) is 0 Å². The standard InChI is InChI=1S/C26H46O5Si/c1-17(2)32(18(3)4,19(5)6)31-25(20(7)16-27)21(8)24-14-15-29-26(30-24)22-10-12-23(28-9)13-11-22/h10-13,17-21,24-27H,14-16H2,1-9H3/t20-,21-,24+,25-,26+/m1/s1. The van der Waals surface area contributed by atoms with E-state index in [9.17, 15) is 5.11 Å². The van der Waals surface area contributed by atoms with Crippen LogP contribution in [0.1, 0.15) is 73.7 Å². The molecule has 1 aromatic rings. The van der Waals surface area contributed by atoms with E-state index in [-0.39, 0.29) is 30.7 Å². The minimum Gasteiger partial charge on any atom is -0.497 e. The minimum atomic E-state index is -2.10. The van der Waals surface area contributed by atoms with Gasteiger partial charge in [-0.3, -0.25) is 0 Å². The Bertz CT molecular complexity index is 654. The first-order valence-electron chi connectivity index (χ1n) is 12.3. The van der Waals surface area contributed by atoms with Crippen LogP contribution in [-0.4, -0.2) is 46.0 Å². The normalized spacial score (nSPS) is 22.9. The minimum absolute atomic E-state index is 0.00744. The maximum atomic E-state index is 10.1. The molecular formula is C26H46O5Si. The maximum Gasteiger partial charge on any atom is 0.200 e. The highest BCUT2D eigenvalue weighted by molar-refractivity contribution is 6.77. The first kappa shape index (κ1) is 27.3. The zero-order valence-corrected chi connectivity index (χ0v) is 22.6. The molecule has 0 aliphatic carbocycles. The van der Waals surface area contributed by atoms with E-state index >= 15 is 0 Å². The predicted molar refractivity (Wildman–Crippen MR) is 133 cm³/mol. The van der Waals surface area contributed by atoms with Gasteiger partial charge in [0.1, 0.15) is 5.75 Å². The average molecular weight is 467 g/mol. The van der Waals surface area contributed by atoms with Crippen molar-refractivity contribution in [2.24, 2.45) is 11.8 Å². The molecule has 1 aliphatic heterocycles. The van der Waals surface area contributed by atoms with E-state index in [1.54, 1.807) is 7.11 Å². The van der Waals surface area contributed by atoms with E-state index in [1.165, 1.54) is 0 Å². The lowest BCUT2D eigenvalue weighted by molar-refractivity contribution is -0.236. The molecule has 5 nitrogen and oxygen atoms in total. The number of hydrogen-bond acceptors (Lipinski definition) is 5. The molecule has 0 saturated carbocycles. The summed E-state index contributed by atoms with van der Waals surface area (Å²) in [7, 11) is -0.435. The monoisotopic (exact) mass is 466 g/mol. The van der Waals surface area contributed by atoms with Crippen molar-refractivity contribution in [2.75, 3.05) is 20.3 Å². The first-order valence-corrected chi connectivity index (χ1v) is 14.4. The van der Waals surface area contributed by atoms with Crippen LogP contribution < -0.4 is 4.74 Å². The SMILES string of the molecule is COc1ccc([C@H]2OCC[C@@H]([C@@H](C)[C@H](O[Si](C(C)C)(C(C)C)C(C)C)[C@H](C)CO)O2)cc1. The molecule has 0 unspecified atom stereocenters. The van der Waals surface area contributed by atoms with Crippen LogP contribution in [0.3, 0.4) is 0 Å². The van der Waals surface area contributed by atoms with Gasteiger partial charge in [0.25, 0.3) is 0 Å². The van der Waals surface area contributed by atoms with Crippen molar-refractivity contribution in [1.82, 2.24) is 0 Å². The van der Waals surface area contributed by atoms with Gasteiger partial charge in [0, 0.05) is 24.0 Å². The van der Waals surface area contributed by atoms with E-state index in [0.717, 1.165) is 17.7 Å². The summed E-state index contributed by atoms with van der Waals surface area (Å²) in [6.07, 6.45) is 0.381. The van der Waals surface area contributed by atoms with E-state index in [2.05, 4.69) is 55.4 Å². The third-order valence-corrected chi connectivity index (χ3v) is 13.5. The molecule has 5 atom stereocenters. The third kappa shape index (κ3) is 5.95. The number of aliphatic hydroxyl groups is 1. The highest BCUT2D eigenvalue weighted by Gasteiger charge is 2.49. The molecular weight excluding hydrogens is 420 g/mol. The number of ether oxygens (including phenoxy) is 3. The maximum absolute atomic E-state index is 10.1. The Balaban J connectivity index is 2.26. The summed E-state index contributed by atoms with van der Waals surface area (Å²) in [5, 5.41) is 10.1. The Morgan fingerprint density at radius 2 is 1.53 bits per heavy atom. The van der Waals surface area contributed by atoms with Gasteiger partial charge in [-0.25, -0.2) is 0 Å². The molecule has 0 bridgehead atoms. The van der Waals surface area contributed by atoms with Crippen LogP contribution in [0.2, 0.25) is 16.6 Å². The quantitative estimate of drug-likeness (QED) is 0.386. The molecule has 1 saturated heterocycles. The second-order valence-electron chi connectivity index (χ2n) is 10.4. The van der Waals surface area contributed by atoms with Crippen LogP contribution in [-0.2, 0) is 13.9 Å². The zero-order valence-electron chi connectivity index (χ0n) is 21.6. The number of rotatable bonds is 11. The van der Waals surface area contributed by atoms with Crippen molar-refractivity contribution in [2.45, 2.75) is 96.9 Å². The number of methoxy groups -OCH3 is 1. The molecule has 1 aliphatic rings. The molecule has 1 fully saturated rings. The topological polar surface area (TPSA) is 57.2 Å². The summed E-state index contributed by atoms with van der Waals surface area (Å²) in [6, 6.07) is 7.86. The van der Waals surface area contributed by atoms with Crippen molar-refractivity contribution < 1.29 is 23.7 Å². The Hall–Kier alpha value is -0.923. The second kappa shape index (κ2) is 12.0. The Morgan fingerprint density at radius 1 is 0.969 bits per heavy atom. The summed E-state index contributed by atoms with van der Waals surface area (Å²) in [5.74, 6) is 1.00. The lowest BCUT2D eigenvalue weighted by Gasteiger charge is -2.48. The van der Waals surface area contributed by atoms with E-state index in [0.29, 0.717) is 23.2 Å². The molecule has 0 aromatic heterocycles. The Morgan fingerprint density at radius 3 is 2.00 bits per heavy atom. The number of aliphatic hydroxyl groups excluding tert-OH is 1. The molecule has 32 heavy (non-hydrogen) atoms. The fraction of sp³-hybridized carbons (Fsp3) is 0.769. The molecule has 1 heterocycles. The fourth-order valence-corrected chi connectivity index (χ4v) is 11.3. The van der Waals surface area contributed by atoms with Gasteiger partial charge < -0.3 is 23.7 Å². The van der Waals surface area contributed by atoms with Crippen LogP contribution in [0.15, 0.2) is 24.3 Å². The molecule has 1 aromatic carbocycles. The fourth-order valence-electron chi connectivity index (χ4n) is 5.58. The van der Waals surface area contributed by atoms with E-state index in [4.69, 9.17) is 18.6 Å². The van der Waals surface area contributed by atoms with Crippen molar-refractivity contribution >= 4 is 8.32 Å².